The second kappa shape index (κ2) is 5.69. The molecule has 0 unspecified atom stereocenters. The van der Waals surface area contributed by atoms with Gasteiger partial charge in [0.1, 0.15) is 13.2 Å². The van der Waals surface area contributed by atoms with Gasteiger partial charge < -0.3 is 14.8 Å². The number of hydrogen-bond acceptors (Lipinski definition) is 4. The molecule has 0 atom stereocenters. The van der Waals surface area contributed by atoms with Gasteiger partial charge in [0.2, 0.25) is 5.95 Å². The average Bonchev–Trinajstić information content (AvgIpc) is 2.48. The molecule has 2 heterocycles. The predicted octanol–water partition coefficient (Wildman–Crippen LogP) is 3.01. The topological polar surface area (TPSA) is 60.5 Å². The third-order valence-corrected chi connectivity index (χ3v) is 3.53. The van der Waals surface area contributed by atoms with Crippen molar-refractivity contribution in [2.24, 2.45) is 0 Å². The van der Waals surface area contributed by atoms with E-state index in [9.17, 15) is 9.18 Å². The quantitative estimate of drug-likeness (QED) is 0.844. The maximum Gasteiger partial charge on any atom is 0.257 e. The Balaban J connectivity index is 1.84. The smallest absolute Gasteiger partial charge is 0.257 e. The van der Waals surface area contributed by atoms with Crippen molar-refractivity contribution < 1.29 is 18.7 Å². The van der Waals surface area contributed by atoms with E-state index in [1.54, 1.807) is 12.1 Å². The molecule has 0 spiro atoms. The summed E-state index contributed by atoms with van der Waals surface area (Å²) >= 11 is 3.36. The first-order valence-corrected chi connectivity index (χ1v) is 6.95. The highest BCUT2D eigenvalue weighted by atomic mass is 79.9. The van der Waals surface area contributed by atoms with Crippen molar-refractivity contribution in [2.45, 2.75) is 0 Å². The van der Waals surface area contributed by atoms with E-state index in [4.69, 9.17) is 9.47 Å². The number of ether oxygens (including phenoxy) is 2. The molecule has 0 saturated heterocycles. The molecular formula is C14H10BrFN2O3. The zero-order valence-corrected chi connectivity index (χ0v) is 12.3. The lowest BCUT2D eigenvalue weighted by Crippen LogP contribution is -2.17. The predicted molar refractivity (Wildman–Crippen MR) is 77.3 cm³/mol. The zero-order chi connectivity index (χ0) is 14.8. The molecule has 1 amide bonds. The van der Waals surface area contributed by atoms with Crippen molar-refractivity contribution in [1.29, 1.82) is 0 Å². The number of rotatable bonds is 2. The average molecular weight is 353 g/mol. The van der Waals surface area contributed by atoms with Crippen molar-refractivity contribution >= 4 is 27.5 Å². The molecule has 2 aromatic rings. The lowest BCUT2D eigenvalue weighted by atomic mass is 10.2. The monoisotopic (exact) mass is 352 g/mol. The summed E-state index contributed by atoms with van der Waals surface area (Å²) < 4.78 is 24.3. The molecule has 1 N–H and O–H groups in total. The molecule has 108 valence electrons. The van der Waals surface area contributed by atoms with Crippen molar-refractivity contribution in [3.63, 3.8) is 0 Å². The Hall–Kier alpha value is -2.15. The minimum atomic E-state index is -0.632. The number of carbonyl (C=O) groups is 1. The molecule has 5 nitrogen and oxygen atoms in total. The molecule has 0 saturated carbocycles. The molecule has 3 rings (SSSR count). The molecule has 7 heteroatoms. The Labute approximate surface area is 128 Å². The first-order valence-electron chi connectivity index (χ1n) is 6.15. The highest BCUT2D eigenvalue weighted by Gasteiger charge is 2.16. The standard InChI is InChI=1S/C14H10BrFN2O3/c15-9-5-11-12(21-4-3-20-11)6-10(9)18-14(19)8-1-2-13(16)17-7-8/h1-2,5-7H,3-4H2,(H,18,19). The van der Waals surface area contributed by atoms with Crippen LogP contribution >= 0.6 is 15.9 Å². The minimum Gasteiger partial charge on any atom is -0.486 e. The van der Waals surface area contributed by atoms with Gasteiger partial charge in [-0.05, 0) is 28.1 Å². The Bertz CT molecular complexity index is 691. The van der Waals surface area contributed by atoms with Gasteiger partial charge in [-0.3, -0.25) is 4.79 Å². The molecule has 1 aliphatic heterocycles. The first-order chi connectivity index (χ1) is 10.1. The highest BCUT2D eigenvalue weighted by molar-refractivity contribution is 9.10. The Kier molecular flexibility index (Phi) is 3.74. The highest BCUT2D eigenvalue weighted by Crippen LogP contribution is 2.38. The van der Waals surface area contributed by atoms with E-state index in [0.717, 1.165) is 6.07 Å². The first kappa shape index (κ1) is 13.8. The number of aromatic nitrogens is 1. The van der Waals surface area contributed by atoms with Crippen molar-refractivity contribution in [3.8, 4) is 11.5 Å². The van der Waals surface area contributed by atoms with Crippen LogP contribution in [0.5, 0.6) is 11.5 Å². The van der Waals surface area contributed by atoms with E-state index in [-0.39, 0.29) is 11.5 Å². The number of nitrogens with zero attached hydrogens (tertiary/aromatic N) is 1. The molecule has 1 aromatic carbocycles. The molecule has 0 bridgehead atoms. The molecular weight excluding hydrogens is 343 g/mol. The maximum absolute atomic E-state index is 12.7. The van der Waals surface area contributed by atoms with Crippen LogP contribution in [0.3, 0.4) is 0 Å². The van der Waals surface area contributed by atoms with E-state index in [2.05, 4.69) is 26.2 Å². The van der Waals surface area contributed by atoms with Crippen LogP contribution in [0.2, 0.25) is 0 Å². The number of nitrogens with one attached hydrogen (secondary N) is 1. The number of carbonyl (C=O) groups excluding carboxylic acids is 1. The zero-order valence-electron chi connectivity index (χ0n) is 10.7. The fourth-order valence-corrected chi connectivity index (χ4v) is 2.29. The number of pyridine rings is 1. The Morgan fingerprint density at radius 3 is 2.62 bits per heavy atom. The van der Waals surface area contributed by atoms with Gasteiger partial charge in [0.25, 0.3) is 5.91 Å². The molecule has 0 radical (unpaired) electrons. The minimum absolute atomic E-state index is 0.262. The van der Waals surface area contributed by atoms with Gasteiger partial charge in [0, 0.05) is 22.8 Å². The number of halogens is 2. The number of benzene rings is 1. The summed E-state index contributed by atoms with van der Waals surface area (Å²) in [7, 11) is 0. The van der Waals surface area contributed by atoms with Crippen LogP contribution < -0.4 is 14.8 Å². The van der Waals surface area contributed by atoms with Gasteiger partial charge in [-0.25, -0.2) is 4.98 Å². The SMILES string of the molecule is O=C(Nc1cc2c(cc1Br)OCCO2)c1ccc(F)nc1. The molecule has 21 heavy (non-hydrogen) atoms. The third-order valence-electron chi connectivity index (χ3n) is 2.87. The maximum atomic E-state index is 12.7. The number of anilines is 1. The van der Waals surface area contributed by atoms with Gasteiger partial charge >= 0.3 is 0 Å². The van der Waals surface area contributed by atoms with Gasteiger partial charge in [-0.15, -0.1) is 0 Å². The van der Waals surface area contributed by atoms with Crippen LogP contribution in [0.4, 0.5) is 10.1 Å². The lowest BCUT2D eigenvalue weighted by Gasteiger charge is -2.20. The van der Waals surface area contributed by atoms with Crippen molar-refractivity contribution in [3.05, 3.63) is 46.4 Å². The third kappa shape index (κ3) is 2.97. The van der Waals surface area contributed by atoms with Crippen LogP contribution in [0.1, 0.15) is 10.4 Å². The summed E-state index contributed by atoms with van der Waals surface area (Å²) in [4.78, 5) is 15.5. The van der Waals surface area contributed by atoms with Crippen LogP contribution in [0, 0.1) is 5.95 Å². The molecule has 1 aromatic heterocycles. The number of amides is 1. The number of fused-ring (bicyclic) bond motifs is 1. The summed E-state index contributed by atoms with van der Waals surface area (Å²) in [5.74, 6) is 0.165. The van der Waals surface area contributed by atoms with Gasteiger partial charge in [0.15, 0.2) is 11.5 Å². The fraction of sp³-hybridized carbons (Fsp3) is 0.143. The van der Waals surface area contributed by atoms with Gasteiger partial charge in [-0.1, -0.05) is 0 Å². The van der Waals surface area contributed by atoms with Crippen molar-refractivity contribution in [1.82, 2.24) is 4.98 Å². The number of hydrogen-bond donors (Lipinski definition) is 1. The molecule has 0 aliphatic carbocycles. The fourth-order valence-electron chi connectivity index (χ4n) is 1.86. The second-order valence-electron chi connectivity index (χ2n) is 4.30. The van der Waals surface area contributed by atoms with E-state index in [0.29, 0.717) is 34.9 Å². The summed E-state index contributed by atoms with van der Waals surface area (Å²) in [6, 6.07) is 5.90. The summed E-state index contributed by atoms with van der Waals surface area (Å²) in [5, 5.41) is 2.71. The van der Waals surface area contributed by atoms with E-state index < -0.39 is 5.95 Å². The second-order valence-corrected chi connectivity index (χ2v) is 5.15. The van der Waals surface area contributed by atoms with Crippen LogP contribution in [-0.2, 0) is 0 Å². The summed E-state index contributed by atoms with van der Waals surface area (Å²) in [6.45, 7) is 0.955. The Morgan fingerprint density at radius 1 is 1.24 bits per heavy atom. The van der Waals surface area contributed by atoms with Crippen LogP contribution in [-0.4, -0.2) is 24.1 Å². The lowest BCUT2D eigenvalue weighted by molar-refractivity contribution is 0.102. The van der Waals surface area contributed by atoms with E-state index in [1.165, 1.54) is 12.3 Å². The van der Waals surface area contributed by atoms with Crippen LogP contribution in [0.15, 0.2) is 34.9 Å². The summed E-state index contributed by atoms with van der Waals surface area (Å²) in [5.41, 5.74) is 0.798. The van der Waals surface area contributed by atoms with E-state index >= 15 is 0 Å². The van der Waals surface area contributed by atoms with Crippen molar-refractivity contribution in [2.75, 3.05) is 18.5 Å². The Morgan fingerprint density at radius 2 is 1.95 bits per heavy atom. The van der Waals surface area contributed by atoms with E-state index in [1.807, 2.05) is 0 Å². The molecule has 1 aliphatic rings. The van der Waals surface area contributed by atoms with Gasteiger partial charge in [0.05, 0.1) is 11.3 Å². The van der Waals surface area contributed by atoms with Crippen LogP contribution in [0.25, 0.3) is 0 Å². The molecule has 0 fully saturated rings. The largest absolute Gasteiger partial charge is 0.486 e. The van der Waals surface area contributed by atoms with Gasteiger partial charge in [-0.2, -0.15) is 4.39 Å². The summed E-state index contributed by atoms with van der Waals surface area (Å²) in [6.07, 6.45) is 1.18. The normalized spacial score (nSPS) is 12.9.